The van der Waals surface area contributed by atoms with Gasteiger partial charge in [0, 0.05) is 19.0 Å². The Kier molecular flexibility index (Phi) is 38.7. The van der Waals surface area contributed by atoms with E-state index in [1.54, 1.807) is 0 Å². The highest BCUT2D eigenvalue weighted by molar-refractivity contribution is 5.76. The predicted octanol–water partition coefficient (Wildman–Crippen LogP) is 15.3. The Hall–Kier alpha value is -0.830. The molecule has 0 rings (SSSR count). The third kappa shape index (κ3) is 31.9. The topological polar surface area (TPSA) is 32.3 Å². The summed E-state index contributed by atoms with van der Waals surface area (Å²) in [7, 11) is 2.04. The first-order chi connectivity index (χ1) is 24.5. The summed E-state index contributed by atoms with van der Waals surface area (Å²) >= 11 is 0. The summed E-state index contributed by atoms with van der Waals surface area (Å²) in [4.78, 5) is 16.0. The van der Waals surface area contributed by atoms with Gasteiger partial charge in [-0.25, -0.2) is 0 Å². The number of carbonyl (C=O) groups is 1. The zero-order valence-corrected chi connectivity index (χ0v) is 35.4. The SMILES string of the molecule is C=C(CCCCCCCCC(CCCCCCCCC)N(CCCNC)C(=O)CCCCCCCC)CC(CCCCCC)CCCCCC. The van der Waals surface area contributed by atoms with Crippen LogP contribution in [-0.2, 0) is 4.79 Å². The number of nitrogens with one attached hydrogen (secondary N) is 1. The van der Waals surface area contributed by atoms with Crippen LogP contribution < -0.4 is 5.32 Å². The highest BCUT2D eigenvalue weighted by atomic mass is 16.2. The molecular formula is C47H94N2O. The van der Waals surface area contributed by atoms with Crippen LogP contribution in [0.5, 0.6) is 0 Å². The summed E-state index contributed by atoms with van der Waals surface area (Å²) in [5.74, 6) is 1.31. The smallest absolute Gasteiger partial charge is 0.222 e. The van der Waals surface area contributed by atoms with Gasteiger partial charge in [0.15, 0.2) is 0 Å². The fourth-order valence-corrected chi connectivity index (χ4v) is 7.97. The lowest BCUT2D eigenvalue weighted by atomic mass is 9.87. The molecule has 50 heavy (non-hydrogen) atoms. The lowest BCUT2D eigenvalue weighted by Gasteiger charge is -2.33. The van der Waals surface area contributed by atoms with Gasteiger partial charge in [-0.15, -0.1) is 0 Å². The highest BCUT2D eigenvalue weighted by Crippen LogP contribution is 2.27. The molecular weight excluding hydrogens is 609 g/mol. The van der Waals surface area contributed by atoms with E-state index in [1.807, 2.05) is 7.05 Å². The third-order valence-corrected chi connectivity index (χ3v) is 11.3. The highest BCUT2D eigenvalue weighted by Gasteiger charge is 2.22. The van der Waals surface area contributed by atoms with E-state index < -0.39 is 0 Å². The molecule has 0 bridgehead atoms. The molecule has 1 unspecified atom stereocenters. The second kappa shape index (κ2) is 39.4. The normalized spacial score (nSPS) is 12.2. The molecule has 0 fully saturated rings. The van der Waals surface area contributed by atoms with Crippen LogP contribution in [-0.4, -0.2) is 37.0 Å². The Bertz CT molecular complexity index is 693. The van der Waals surface area contributed by atoms with Crippen LogP contribution in [0.25, 0.3) is 0 Å². The van der Waals surface area contributed by atoms with Crippen LogP contribution in [0.3, 0.4) is 0 Å². The number of nitrogens with zero attached hydrogens (tertiary/aromatic N) is 1. The molecule has 0 aromatic rings. The monoisotopic (exact) mass is 703 g/mol. The maximum atomic E-state index is 13.7. The standard InChI is InChI=1S/C47H94N2O/c1-7-11-15-19-21-25-31-38-46(49(42-34-41-48-6)47(50)40-33-27-20-16-12-8-2)39-32-26-23-22-24-28-35-44(5)43-45(36-29-17-13-9-3)37-30-18-14-10-4/h45-46,48H,5,7-43H2,1-4,6H3. The van der Waals surface area contributed by atoms with Crippen molar-refractivity contribution >= 4 is 5.91 Å². The van der Waals surface area contributed by atoms with Crippen LogP contribution in [0, 0.1) is 5.92 Å². The molecule has 0 saturated carbocycles. The van der Waals surface area contributed by atoms with E-state index >= 15 is 0 Å². The summed E-state index contributed by atoms with van der Waals surface area (Å²) in [5, 5.41) is 3.32. The molecule has 0 aromatic heterocycles. The molecule has 1 amide bonds. The van der Waals surface area contributed by atoms with Gasteiger partial charge >= 0.3 is 0 Å². The summed E-state index contributed by atoms with van der Waals surface area (Å²) < 4.78 is 0. The van der Waals surface area contributed by atoms with Gasteiger partial charge in [-0.3, -0.25) is 4.79 Å². The van der Waals surface area contributed by atoms with Crippen LogP contribution in [0.2, 0.25) is 0 Å². The second-order valence-electron chi connectivity index (χ2n) is 16.3. The maximum absolute atomic E-state index is 13.7. The number of allylic oxidation sites excluding steroid dienone is 1. The Morgan fingerprint density at radius 2 is 0.880 bits per heavy atom. The largest absolute Gasteiger partial charge is 0.340 e. The average Bonchev–Trinajstić information content (AvgIpc) is 3.11. The number of rotatable bonds is 41. The van der Waals surface area contributed by atoms with Crippen LogP contribution in [0.15, 0.2) is 12.2 Å². The van der Waals surface area contributed by atoms with Crippen molar-refractivity contribution in [3.05, 3.63) is 12.2 Å². The number of hydrogen-bond donors (Lipinski definition) is 1. The molecule has 0 aromatic carbocycles. The number of unbranched alkanes of at least 4 members (excludes halogenated alkanes) is 22. The van der Waals surface area contributed by atoms with Crippen molar-refractivity contribution in [2.45, 2.75) is 258 Å². The Morgan fingerprint density at radius 3 is 1.34 bits per heavy atom. The molecule has 0 aliphatic carbocycles. The van der Waals surface area contributed by atoms with E-state index in [9.17, 15) is 4.79 Å². The Balaban J connectivity index is 4.77. The zero-order chi connectivity index (χ0) is 36.8. The molecule has 1 atom stereocenters. The molecule has 0 heterocycles. The number of carbonyl (C=O) groups excluding carboxylic acids is 1. The molecule has 0 radical (unpaired) electrons. The van der Waals surface area contributed by atoms with E-state index in [-0.39, 0.29) is 0 Å². The summed E-state index contributed by atoms with van der Waals surface area (Å²) in [6, 6.07) is 0.440. The lowest BCUT2D eigenvalue weighted by molar-refractivity contribution is -0.134. The molecule has 3 nitrogen and oxygen atoms in total. The molecule has 1 N–H and O–H groups in total. The quantitative estimate of drug-likeness (QED) is 0.0508. The van der Waals surface area contributed by atoms with E-state index in [0.29, 0.717) is 11.9 Å². The van der Waals surface area contributed by atoms with Gasteiger partial charge in [-0.1, -0.05) is 213 Å². The molecule has 0 aliphatic rings. The minimum atomic E-state index is 0.439. The van der Waals surface area contributed by atoms with Gasteiger partial charge < -0.3 is 10.2 Å². The maximum Gasteiger partial charge on any atom is 0.222 e. The van der Waals surface area contributed by atoms with E-state index in [2.05, 4.69) is 44.5 Å². The van der Waals surface area contributed by atoms with Crippen molar-refractivity contribution < 1.29 is 4.79 Å². The molecule has 0 saturated heterocycles. The van der Waals surface area contributed by atoms with E-state index in [4.69, 9.17) is 0 Å². The van der Waals surface area contributed by atoms with E-state index in [1.165, 1.54) is 211 Å². The fourth-order valence-electron chi connectivity index (χ4n) is 7.97. The summed E-state index contributed by atoms with van der Waals surface area (Å²) in [5.41, 5.74) is 1.53. The number of hydrogen-bond acceptors (Lipinski definition) is 2. The Morgan fingerprint density at radius 1 is 0.500 bits per heavy atom. The van der Waals surface area contributed by atoms with Gasteiger partial charge in [0.2, 0.25) is 5.91 Å². The summed E-state index contributed by atoms with van der Waals surface area (Å²) in [6.45, 7) is 15.7. The van der Waals surface area contributed by atoms with Crippen molar-refractivity contribution in [2.24, 2.45) is 5.92 Å². The first-order valence-electron chi connectivity index (χ1n) is 23.1. The van der Waals surface area contributed by atoms with Gasteiger partial charge in [0.25, 0.3) is 0 Å². The Labute approximate surface area is 316 Å². The first kappa shape index (κ1) is 49.2. The van der Waals surface area contributed by atoms with Crippen LogP contribution >= 0.6 is 0 Å². The van der Waals surface area contributed by atoms with E-state index in [0.717, 1.165) is 38.3 Å². The molecule has 3 heteroatoms. The van der Waals surface area contributed by atoms with Crippen LogP contribution in [0.1, 0.15) is 252 Å². The van der Waals surface area contributed by atoms with Gasteiger partial charge in [-0.2, -0.15) is 0 Å². The minimum Gasteiger partial charge on any atom is -0.340 e. The van der Waals surface area contributed by atoms with Crippen molar-refractivity contribution in [1.82, 2.24) is 10.2 Å². The summed E-state index contributed by atoms with van der Waals surface area (Å²) in [6.07, 6.45) is 45.6. The predicted molar refractivity (Wildman–Crippen MR) is 226 cm³/mol. The fraction of sp³-hybridized carbons (Fsp3) is 0.936. The molecule has 298 valence electrons. The molecule has 0 aliphatic heterocycles. The van der Waals surface area contributed by atoms with Gasteiger partial charge in [-0.05, 0) is 64.5 Å². The zero-order valence-electron chi connectivity index (χ0n) is 35.4. The van der Waals surface area contributed by atoms with Crippen molar-refractivity contribution in [3.63, 3.8) is 0 Å². The minimum absolute atomic E-state index is 0.439. The van der Waals surface area contributed by atoms with Crippen LogP contribution in [0.4, 0.5) is 0 Å². The number of amides is 1. The van der Waals surface area contributed by atoms with Crippen molar-refractivity contribution in [2.75, 3.05) is 20.1 Å². The first-order valence-corrected chi connectivity index (χ1v) is 23.1. The molecule has 0 spiro atoms. The third-order valence-electron chi connectivity index (χ3n) is 11.3. The van der Waals surface area contributed by atoms with Gasteiger partial charge in [0.05, 0.1) is 0 Å². The lowest BCUT2D eigenvalue weighted by Crippen LogP contribution is -2.41. The van der Waals surface area contributed by atoms with Crippen molar-refractivity contribution in [3.8, 4) is 0 Å². The van der Waals surface area contributed by atoms with Crippen molar-refractivity contribution in [1.29, 1.82) is 0 Å². The second-order valence-corrected chi connectivity index (χ2v) is 16.3. The average molecular weight is 703 g/mol. The van der Waals surface area contributed by atoms with Gasteiger partial charge in [0.1, 0.15) is 0 Å².